The van der Waals surface area contributed by atoms with Gasteiger partial charge in [0.1, 0.15) is 12.2 Å². The van der Waals surface area contributed by atoms with Crippen LogP contribution in [0, 0.1) is 0 Å². The minimum atomic E-state index is -0.0713. The van der Waals surface area contributed by atoms with E-state index in [0.29, 0.717) is 6.54 Å². The third-order valence-electron chi connectivity index (χ3n) is 5.24. The summed E-state index contributed by atoms with van der Waals surface area (Å²) in [5.74, 6) is 1.70. The second-order valence-corrected chi connectivity index (χ2v) is 7.34. The molecule has 2 aromatic rings. The SMILES string of the molecule is CN=C(NCC1(c2ccccc2Cl)CCOCC1)N(C)Cc1ncnn1C. The highest BCUT2D eigenvalue weighted by molar-refractivity contribution is 6.31. The van der Waals surface area contributed by atoms with Gasteiger partial charge in [-0.2, -0.15) is 5.10 Å². The first-order valence-corrected chi connectivity index (χ1v) is 9.51. The molecule has 1 aromatic carbocycles. The third kappa shape index (κ3) is 4.42. The molecule has 1 aliphatic rings. The number of nitrogens with one attached hydrogen (secondary N) is 1. The summed E-state index contributed by atoms with van der Waals surface area (Å²) in [6.07, 6.45) is 3.41. The lowest BCUT2D eigenvalue weighted by atomic mass is 9.74. The van der Waals surface area contributed by atoms with Crippen LogP contribution in [0.2, 0.25) is 5.02 Å². The van der Waals surface area contributed by atoms with Crippen molar-refractivity contribution in [2.75, 3.05) is 33.9 Å². The lowest BCUT2D eigenvalue weighted by Crippen LogP contribution is -2.48. The number of aliphatic imine (C=N–C) groups is 1. The van der Waals surface area contributed by atoms with Gasteiger partial charge in [0.2, 0.25) is 0 Å². The van der Waals surface area contributed by atoms with E-state index in [1.54, 1.807) is 18.1 Å². The Labute approximate surface area is 165 Å². The van der Waals surface area contributed by atoms with Crippen LogP contribution >= 0.6 is 11.6 Å². The molecule has 0 aliphatic carbocycles. The molecule has 7 nitrogen and oxygen atoms in total. The summed E-state index contributed by atoms with van der Waals surface area (Å²) in [7, 11) is 5.68. The molecule has 0 spiro atoms. The van der Waals surface area contributed by atoms with Crippen molar-refractivity contribution in [2.24, 2.45) is 12.0 Å². The number of benzene rings is 1. The van der Waals surface area contributed by atoms with E-state index in [4.69, 9.17) is 16.3 Å². The molecule has 3 rings (SSSR count). The van der Waals surface area contributed by atoms with Gasteiger partial charge in [-0.25, -0.2) is 4.98 Å². The zero-order valence-electron chi connectivity index (χ0n) is 16.2. The fraction of sp³-hybridized carbons (Fsp3) is 0.526. The molecule has 0 amide bonds. The fourth-order valence-electron chi connectivity index (χ4n) is 3.58. The monoisotopic (exact) mass is 390 g/mol. The number of hydrogen-bond acceptors (Lipinski definition) is 4. The summed E-state index contributed by atoms with van der Waals surface area (Å²) in [6, 6.07) is 8.11. The van der Waals surface area contributed by atoms with E-state index in [2.05, 4.69) is 26.5 Å². The molecule has 0 saturated carbocycles. The summed E-state index contributed by atoms with van der Waals surface area (Å²) in [4.78, 5) is 10.8. The minimum Gasteiger partial charge on any atom is -0.381 e. The maximum absolute atomic E-state index is 6.54. The number of rotatable bonds is 5. The lowest BCUT2D eigenvalue weighted by molar-refractivity contribution is 0.0512. The number of ether oxygens (including phenoxy) is 1. The Morgan fingerprint density at radius 3 is 2.74 bits per heavy atom. The van der Waals surface area contributed by atoms with Crippen molar-refractivity contribution in [3.05, 3.63) is 47.0 Å². The van der Waals surface area contributed by atoms with E-state index in [-0.39, 0.29) is 5.41 Å². The van der Waals surface area contributed by atoms with Crippen LogP contribution in [0.25, 0.3) is 0 Å². The van der Waals surface area contributed by atoms with Gasteiger partial charge in [-0.3, -0.25) is 9.67 Å². The lowest BCUT2D eigenvalue weighted by Gasteiger charge is -2.39. The number of aryl methyl sites for hydroxylation is 1. The predicted molar refractivity (Wildman–Crippen MR) is 107 cm³/mol. The second kappa shape index (κ2) is 8.71. The number of nitrogens with zero attached hydrogens (tertiary/aromatic N) is 5. The Hall–Kier alpha value is -2.12. The smallest absolute Gasteiger partial charge is 0.193 e. The Kier molecular flexibility index (Phi) is 6.34. The number of hydrogen-bond donors (Lipinski definition) is 1. The maximum Gasteiger partial charge on any atom is 0.193 e. The molecule has 0 atom stereocenters. The average Bonchev–Trinajstić information content (AvgIpc) is 3.08. The zero-order chi connectivity index (χ0) is 19.3. The molecular weight excluding hydrogens is 364 g/mol. The molecule has 8 heteroatoms. The molecule has 2 heterocycles. The maximum atomic E-state index is 6.54. The van der Waals surface area contributed by atoms with Gasteiger partial charge in [-0.1, -0.05) is 29.8 Å². The quantitative estimate of drug-likeness (QED) is 0.626. The molecule has 27 heavy (non-hydrogen) atoms. The van der Waals surface area contributed by atoms with Crippen molar-refractivity contribution in [2.45, 2.75) is 24.8 Å². The summed E-state index contributed by atoms with van der Waals surface area (Å²) >= 11 is 6.54. The highest BCUT2D eigenvalue weighted by Crippen LogP contribution is 2.38. The van der Waals surface area contributed by atoms with Gasteiger partial charge < -0.3 is 15.0 Å². The van der Waals surface area contributed by atoms with E-state index >= 15 is 0 Å². The second-order valence-electron chi connectivity index (χ2n) is 6.93. The van der Waals surface area contributed by atoms with Crippen LogP contribution in [0.3, 0.4) is 0 Å². The highest BCUT2D eigenvalue weighted by Gasteiger charge is 2.36. The Morgan fingerprint density at radius 2 is 2.11 bits per heavy atom. The summed E-state index contributed by atoms with van der Waals surface area (Å²) < 4.78 is 7.39. The molecule has 1 fully saturated rings. The van der Waals surface area contributed by atoms with Gasteiger partial charge in [-0.05, 0) is 24.5 Å². The van der Waals surface area contributed by atoms with Gasteiger partial charge in [0.15, 0.2) is 5.96 Å². The van der Waals surface area contributed by atoms with Crippen molar-refractivity contribution in [1.82, 2.24) is 25.0 Å². The molecular formula is C19H27ClN6O. The molecule has 1 aromatic heterocycles. The van der Waals surface area contributed by atoms with Gasteiger partial charge >= 0.3 is 0 Å². The van der Waals surface area contributed by atoms with E-state index < -0.39 is 0 Å². The van der Waals surface area contributed by atoms with E-state index in [9.17, 15) is 0 Å². The summed E-state index contributed by atoms with van der Waals surface area (Å²) in [6.45, 7) is 2.84. The van der Waals surface area contributed by atoms with Crippen LogP contribution in [0.1, 0.15) is 24.2 Å². The van der Waals surface area contributed by atoms with Gasteiger partial charge in [-0.15, -0.1) is 0 Å². The summed E-state index contributed by atoms with van der Waals surface area (Å²) in [5, 5.41) is 8.48. The van der Waals surface area contributed by atoms with Crippen LogP contribution in [-0.2, 0) is 23.7 Å². The molecule has 1 N–H and O–H groups in total. The molecule has 1 saturated heterocycles. The first-order valence-electron chi connectivity index (χ1n) is 9.13. The van der Waals surface area contributed by atoms with Crippen molar-refractivity contribution < 1.29 is 4.74 Å². The topological polar surface area (TPSA) is 67.6 Å². The molecule has 0 radical (unpaired) electrons. The van der Waals surface area contributed by atoms with E-state index in [0.717, 1.165) is 49.4 Å². The number of halogens is 1. The van der Waals surface area contributed by atoms with Crippen molar-refractivity contribution in [3.8, 4) is 0 Å². The average molecular weight is 391 g/mol. The first kappa shape index (κ1) is 19.6. The normalized spacial score (nSPS) is 17.0. The minimum absolute atomic E-state index is 0.0713. The standard InChI is InChI=1S/C19H27ClN6O/c1-21-18(25(2)12-17-23-14-24-26(17)3)22-13-19(8-10-27-11-9-19)15-6-4-5-7-16(15)20/h4-7,14H,8-13H2,1-3H3,(H,21,22). The molecule has 0 bridgehead atoms. The van der Waals surface area contributed by atoms with Crippen molar-refractivity contribution in [1.29, 1.82) is 0 Å². The van der Waals surface area contributed by atoms with Gasteiger partial charge in [0.25, 0.3) is 0 Å². The van der Waals surface area contributed by atoms with Crippen LogP contribution in [0.4, 0.5) is 0 Å². The molecule has 1 aliphatic heterocycles. The summed E-state index contributed by atoms with van der Waals surface area (Å²) in [5.41, 5.74) is 1.10. The largest absolute Gasteiger partial charge is 0.381 e. The van der Waals surface area contributed by atoms with Crippen molar-refractivity contribution >= 4 is 17.6 Å². The third-order valence-corrected chi connectivity index (χ3v) is 5.57. The van der Waals surface area contributed by atoms with Crippen LogP contribution < -0.4 is 5.32 Å². The predicted octanol–water partition coefficient (Wildman–Crippen LogP) is 2.22. The van der Waals surface area contributed by atoms with E-state index in [1.165, 1.54) is 5.56 Å². The Balaban J connectivity index is 1.74. The van der Waals surface area contributed by atoms with Crippen LogP contribution in [0.15, 0.2) is 35.6 Å². The van der Waals surface area contributed by atoms with Crippen LogP contribution in [-0.4, -0.2) is 59.5 Å². The first-order chi connectivity index (χ1) is 13.1. The Bertz CT molecular complexity index is 784. The zero-order valence-corrected chi connectivity index (χ0v) is 16.9. The van der Waals surface area contributed by atoms with Gasteiger partial charge in [0.05, 0.1) is 6.54 Å². The highest BCUT2D eigenvalue weighted by atomic mass is 35.5. The van der Waals surface area contributed by atoms with Gasteiger partial charge in [0, 0.05) is 51.3 Å². The number of guanidine groups is 1. The number of aromatic nitrogens is 3. The van der Waals surface area contributed by atoms with Crippen LogP contribution in [0.5, 0.6) is 0 Å². The van der Waals surface area contributed by atoms with Crippen molar-refractivity contribution in [3.63, 3.8) is 0 Å². The van der Waals surface area contributed by atoms with E-state index in [1.807, 2.05) is 37.2 Å². The molecule has 146 valence electrons. The fourth-order valence-corrected chi connectivity index (χ4v) is 3.91. The Morgan fingerprint density at radius 1 is 1.37 bits per heavy atom. The molecule has 0 unspecified atom stereocenters.